The fourth-order valence-electron chi connectivity index (χ4n) is 2.04. The van der Waals surface area contributed by atoms with Crippen LogP contribution in [0.5, 0.6) is 5.75 Å². The molecule has 1 aromatic carbocycles. The van der Waals surface area contributed by atoms with Crippen molar-refractivity contribution in [3.05, 3.63) is 24.3 Å². The second-order valence-corrected chi connectivity index (χ2v) is 4.27. The minimum atomic E-state index is 0.0644. The Kier molecular flexibility index (Phi) is 3.98. The second-order valence-electron chi connectivity index (χ2n) is 4.27. The number of methoxy groups -OCH3 is 1. The van der Waals surface area contributed by atoms with E-state index in [1.54, 1.807) is 7.11 Å². The first-order chi connectivity index (χ1) is 8.28. The molecule has 0 aromatic heterocycles. The smallest absolute Gasteiger partial charge is 0.225 e. The number of hydrogen-bond donors (Lipinski definition) is 2. The van der Waals surface area contributed by atoms with Crippen LogP contribution in [-0.4, -0.2) is 25.6 Å². The highest BCUT2D eigenvalue weighted by molar-refractivity contribution is 5.91. The van der Waals surface area contributed by atoms with Crippen LogP contribution in [0.4, 0.5) is 5.69 Å². The molecule has 4 heteroatoms. The highest BCUT2D eigenvalue weighted by atomic mass is 16.5. The molecule has 1 aromatic rings. The van der Waals surface area contributed by atoms with Crippen molar-refractivity contribution in [1.29, 1.82) is 0 Å². The van der Waals surface area contributed by atoms with Gasteiger partial charge in [-0.25, -0.2) is 0 Å². The molecule has 1 saturated heterocycles. The number of anilines is 1. The van der Waals surface area contributed by atoms with Gasteiger partial charge in [0, 0.05) is 18.2 Å². The molecular formula is C13H18N2O2. The quantitative estimate of drug-likeness (QED) is 0.835. The molecule has 0 radical (unpaired) electrons. The molecule has 17 heavy (non-hydrogen) atoms. The summed E-state index contributed by atoms with van der Waals surface area (Å²) in [6.07, 6.45) is 2.81. The zero-order valence-electron chi connectivity index (χ0n) is 10.0. The Balaban J connectivity index is 1.84. The van der Waals surface area contributed by atoms with E-state index < -0.39 is 0 Å². The summed E-state index contributed by atoms with van der Waals surface area (Å²) in [7, 11) is 1.62. The monoisotopic (exact) mass is 234 g/mol. The van der Waals surface area contributed by atoms with Gasteiger partial charge in [0.2, 0.25) is 5.91 Å². The fraction of sp³-hybridized carbons (Fsp3) is 0.462. The topological polar surface area (TPSA) is 50.4 Å². The van der Waals surface area contributed by atoms with E-state index in [-0.39, 0.29) is 5.91 Å². The average molecular weight is 234 g/mol. The Hall–Kier alpha value is -1.55. The third kappa shape index (κ3) is 3.46. The highest BCUT2D eigenvalue weighted by Crippen LogP contribution is 2.16. The zero-order chi connectivity index (χ0) is 12.1. The van der Waals surface area contributed by atoms with Crippen LogP contribution in [0.15, 0.2) is 24.3 Å². The molecule has 0 aliphatic carbocycles. The second kappa shape index (κ2) is 5.68. The predicted octanol–water partition coefficient (Wildman–Crippen LogP) is 1.78. The van der Waals surface area contributed by atoms with Crippen LogP contribution in [-0.2, 0) is 4.79 Å². The Morgan fingerprint density at radius 3 is 2.82 bits per heavy atom. The maximum atomic E-state index is 11.7. The molecule has 1 aliphatic heterocycles. The van der Waals surface area contributed by atoms with E-state index in [2.05, 4.69) is 10.6 Å². The minimum absolute atomic E-state index is 0.0644. The molecule has 2 rings (SSSR count). The van der Waals surface area contributed by atoms with Gasteiger partial charge in [0.1, 0.15) is 5.75 Å². The normalized spacial score (nSPS) is 19.0. The van der Waals surface area contributed by atoms with Gasteiger partial charge < -0.3 is 15.4 Å². The molecule has 1 atom stereocenters. The van der Waals surface area contributed by atoms with Crippen molar-refractivity contribution in [2.75, 3.05) is 19.0 Å². The van der Waals surface area contributed by atoms with Crippen LogP contribution in [0.2, 0.25) is 0 Å². The molecule has 0 spiro atoms. The average Bonchev–Trinajstić information content (AvgIpc) is 2.82. The van der Waals surface area contributed by atoms with Crippen LogP contribution >= 0.6 is 0 Å². The molecule has 0 saturated carbocycles. The Morgan fingerprint density at radius 2 is 2.24 bits per heavy atom. The van der Waals surface area contributed by atoms with Crippen molar-refractivity contribution in [2.45, 2.75) is 25.3 Å². The van der Waals surface area contributed by atoms with Crippen LogP contribution in [0, 0.1) is 0 Å². The number of carbonyl (C=O) groups is 1. The Bertz CT molecular complexity index is 370. The van der Waals surface area contributed by atoms with Crippen molar-refractivity contribution in [3.8, 4) is 5.75 Å². The number of benzene rings is 1. The summed E-state index contributed by atoms with van der Waals surface area (Å²) in [6.45, 7) is 1.03. The first-order valence-electron chi connectivity index (χ1n) is 5.95. The first kappa shape index (κ1) is 11.9. The van der Waals surface area contributed by atoms with Gasteiger partial charge in [0.15, 0.2) is 0 Å². The number of amides is 1. The number of carbonyl (C=O) groups excluding carboxylic acids is 1. The zero-order valence-corrected chi connectivity index (χ0v) is 10.0. The summed E-state index contributed by atoms with van der Waals surface area (Å²) in [5, 5.41) is 6.20. The first-order valence-corrected chi connectivity index (χ1v) is 5.95. The fourth-order valence-corrected chi connectivity index (χ4v) is 2.04. The molecule has 92 valence electrons. The lowest BCUT2D eigenvalue weighted by Gasteiger charge is -2.10. The van der Waals surface area contributed by atoms with Crippen molar-refractivity contribution in [1.82, 2.24) is 5.32 Å². The van der Waals surface area contributed by atoms with E-state index in [0.717, 1.165) is 24.4 Å². The van der Waals surface area contributed by atoms with Crippen molar-refractivity contribution >= 4 is 11.6 Å². The predicted molar refractivity (Wildman–Crippen MR) is 67.3 cm³/mol. The molecule has 1 heterocycles. The van der Waals surface area contributed by atoms with E-state index >= 15 is 0 Å². The van der Waals surface area contributed by atoms with Gasteiger partial charge in [-0.3, -0.25) is 4.79 Å². The minimum Gasteiger partial charge on any atom is -0.497 e. The van der Waals surface area contributed by atoms with Gasteiger partial charge in [-0.15, -0.1) is 0 Å². The maximum absolute atomic E-state index is 11.7. The van der Waals surface area contributed by atoms with Gasteiger partial charge in [0.25, 0.3) is 0 Å². The lowest BCUT2D eigenvalue weighted by Crippen LogP contribution is -2.27. The molecule has 4 nitrogen and oxygen atoms in total. The van der Waals surface area contributed by atoms with Gasteiger partial charge in [-0.05, 0) is 43.7 Å². The van der Waals surface area contributed by atoms with Gasteiger partial charge in [-0.1, -0.05) is 0 Å². The largest absolute Gasteiger partial charge is 0.497 e. The van der Waals surface area contributed by atoms with E-state index in [4.69, 9.17) is 4.74 Å². The summed E-state index contributed by atoms with van der Waals surface area (Å²) < 4.78 is 5.06. The van der Waals surface area contributed by atoms with Crippen molar-refractivity contribution in [2.24, 2.45) is 0 Å². The standard InChI is InChI=1S/C13H18N2O2/c1-17-12-6-4-10(5-7-12)15-13(16)9-11-3-2-8-14-11/h4-7,11,14H,2-3,8-9H2,1H3,(H,15,16). The van der Waals surface area contributed by atoms with E-state index in [1.807, 2.05) is 24.3 Å². The van der Waals surface area contributed by atoms with Crippen molar-refractivity contribution in [3.63, 3.8) is 0 Å². The molecule has 1 amide bonds. The van der Waals surface area contributed by atoms with Crippen LogP contribution in [0.3, 0.4) is 0 Å². The van der Waals surface area contributed by atoms with E-state index in [1.165, 1.54) is 6.42 Å². The maximum Gasteiger partial charge on any atom is 0.225 e. The molecule has 1 fully saturated rings. The number of hydrogen-bond acceptors (Lipinski definition) is 3. The summed E-state index contributed by atoms with van der Waals surface area (Å²) in [6, 6.07) is 7.71. The molecule has 2 N–H and O–H groups in total. The third-order valence-electron chi connectivity index (χ3n) is 2.97. The lowest BCUT2D eigenvalue weighted by atomic mass is 10.1. The lowest BCUT2D eigenvalue weighted by molar-refractivity contribution is -0.116. The van der Waals surface area contributed by atoms with Gasteiger partial charge in [0.05, 0.1) is 7.11 Å². The van der Waals surface area contributed by atoms with Crippen LogP contribution in [0.1, 0.15) is 19.3 Å². The Labute approximate surface area is 101 Å². The van der Waals surface area contributed by atoms with Crippen LogP contribution in [0.25, 0.3) is 0 Å². The SMILES string of the molecule is COc1ccc(NC(=O)CC2CCCN2)cc1. The van der Waals surface area contributed by atoms with Gasteiger partial charge in [-0.2, -0.15) is 0 Å². The highest BCUT2D eigenvalue weighted by Gasteiger charge is 2.17. The molecule has 0 bridgehead atoms. The molecule has 1 unspecified atom stereocenters. The number of rotatable bonds is 4. The summed E-state index contributed by atoms with van der Waals surface area (Å²) >= 11 is 0. The molecule has 1 aliphatic rings. The summed E-state index contributed by atoms with van der Waals surface area (Å²) in [4.78, 5) is 11.7. The summed E-state index contributed by atoms with van der Waals surface area (Å²) in [5.74, 6) is 0.857. The number of ether oxygens (including phenoxy) is 1. The number of nitrogens with one attached hydrogen (secondary N) is 2. The van der Waals surface area contributed by atoms with E-state index in [0.29, 0.717) is 12.5 Å². The van der Waals surface area contributed by atoms with Crippen LogP contribution < -0.4 is 15.4 Å². The van der Waals surface area contributed by atoms with E-state index in [9.17, 15) is 4.79 Å². The molecular weight excluding hydrogens is 216 g/mol. The van der Waals surface area contributed by atoms with Crippen molar-refractivity contribution < 1.29 is 9.53 Å². The van der Waals surface area contributed by atoms with Gasteiger partial charge >= 0.3 is 0 Å². The Morgan fingerprint density at radius 1 is 1.47 bits per heavy atom. The third-order valence-corrected chi connectivity index (χ3v) is 2.97. The summed E-state index contributed by atoms with van der Waals surface area (Å²) in [5.41, 5.74) is 0.814.